The molecule has 0 aliphatic carbocycles. The summed E-state index contributed by atoms with van der Waals surface area (Å²) in [6.45, 7) is 14.4. The number of nitrogens with one attached hydrogen (secondary N) is 2. The van der Waals surface area contributed by atoms with Crippen molar-refractivity contribution in [3.8, 4) is 0 Å². The van der Waals surface area contributed by atoms with Gasteiger partial charge >= 0.3 is 0 Å². The number of hydrogen-bond donors (Lipinski definition) is 3. The highest BCUT2D eigenvalue weighted by atomic mass is 32.1. The molecule has 0 aliphatic heterocycles. The summed E-state index contributed by atoms with van der Waals surface area (Å²) in [5.74, 6) is 0.753. The molecule has 0 amide bonds. The monoisotopic (exact) mass is 340 g/mol. The summed E-state index contributed by atoms with van der Waals surface area (Å²) in [4.78, 5) is 6.94. The van der Waals surface area contributed by atoms with E-state index in [1.165, 1.54) is 0 Å². The fourth-order valence-electron chi connectivity index (χ4n) is 2.34. The van der Waals surface area contributed by atoms with Gasteiger partial charge in [0.2, 0.25) is 0 Å². The first-order valence-corrected chi connectivity index (χ1v) is 9.36. The molecule has 1 rings (SSSR count). The number of likely N-dealkylation sites (N-methyl/N-ethyl adjacent to an activating group) is 1. The standard InChI is InChI=1S/C17H32N4OS/c1-6-18-16(19-9-10-21(7-2)14(3)4)20-13-17(5,22)15-8-11-23-12-15/h8,11-12,14,22H,6-7,9-10,13H2,1-5H3,(H2,18,19,20). The zero-order valence-corrected chi connectivity index (χ0v) is 15.9. The number of aliphatic hydroxyl groups is 1. The first-order chi connectivity index (χ1) is 10.9. The molecule has 132 valence electrons. The molecule has 0 aromatic carbocycles. The first-order valence-electron chi connectivity index (χ1n) is 8.42. The van der Waals surface area contributed by atoms with Crippen molar-refractivity contribution in [3.63, 3.8) is 0 Å². The van der Waals surface area contributed by atoms with E-state index in [-0.39, 0.29) is 0 Å². The van der Waals surface area contributed by atoms with Crippen molar-refractivity contribution in [3.05, 3.63) is 22.4 Å². The van der Waals surface area contributed by atoms with Crippen LogP contribution in [0.3, 0.4) is 0 Å². The van der Waals surface area contributed by atoms with Crippen molar-refractivity contribution in [1.29, 1.82) is 0 Å². The second kappa shape index (κ2) is 9.90. The molecule has 0 spiro atoms. The average Bonchev–Trinajstić information content (AvgIpc) is 3.04. The Hall–Kier alpha value is -1.11. The van der Waals surface area contributed by atoms with Crippen LogP contribution in [0.5, 0.6) is 0 Å². The van der Waals surface area contributed by atoms with Crippen molar-refractivity contribution in [1.82, 2.24) is 15.5 Å². The molecular formula is C17H32N4OS. The zero-order chi connectivity index (χ0) is 17.3. The Kier molecular flexibility index (Phi) is 8.58. The molecule has 1 aromatic heterocycles. The maximum absolute atomic E-state index is 10.6. The van der Waals surface area contributed by atoms with Gasteiger partial charge in [0.25, 0.3) is 0 Å². The molecule has 1 unspecified atom stereocenters. The van der Waals surface area contributed by atoms with Crippen molar-refractivity contribution >= 4 is 17.3 Å². The van der Waals surface area contributed by atoms with Crippen LogP contribution in [0.1, 0.15) is 40.2 Å². The molecule has 0 fully saturated rings. The van der Waals surface area contributed by atoms with E-state index in [2.05, 4.69) is 41.3 Å². The average molecular weight is 341 g/mol. The second-order valence-electron chi connectivity index (χ2n) is 6.13. The third kappa shape index (κ3) is 6.89. The summed E-state index contributed by atoms with van der Waals surface area (Å²) >= 11 is 1.59. The van der Waals surface area contributed by atoms with Gasteiger partial charge in [-0.25, -0.2) is 4.99 Å². The lowest BCUT2D eigenvalue weighted by molar-refractivity contribution is 0.0677. The maximum Gasteiger partial charge on any atom is 0.191 e. The number of aliphatic imine (C=N–C) groups is 1. The van der Waals surface area contributed by atoms with Crippen LogP contribution in [0.4, 0.5) is 0 Å². The van der Waals surface area contributed by atoms with E-state index in [1.807, 2.05) is 23.8 Å². The summed E-state index contributed by atoms with van der Waals surface area (Å²) in [5, 5.41) is 21.1. The van der Waals surface area contributed by atoms with Crippen LogP contribution in [0, 0.1) is 0 Å². The van der Waals surface area contributed by atoms with Crippen LogP contribution in [0.15, 0.2) is 21.8 Å². The predicted octanol–water partition coefficient (Wildman–Crippen LogP) is 2.24. The molecule has 0 saturated heterocycles. The van der Waals surface area contributed by atoms with Gasteiger partial charge in [0, 0.05) is 25.7 Å². The van der Waals surface area contributed by atoms with Gasteiger partial charge < -0.3 is 15.7 Å². The van der Waals surface area contributed by atoms with Gasteiger partial charge in [-0.3, -0.25) is 4.90 Å². The summed E-state index contributed by atoms with van der Waals surface area (Å²) in [6, 6.07) is 2.49. The Morgan fingerprint density at radius 2 is 2.13 bits per heavy atom. The number of rotatable bonds is 9. The van der Waals surface area contributed by atoms with E-state index in [0.717, 1.165) is 37.7 Å². The fraction of sp³-hybridized carbons (Fsp3) is 0.706. The Morgan fingerprint density at radius 1 is 1.39 bits per heavy atom. The van der Waals surface area contributed by atoms with Crippen molar-refractivity contribution in [2.24, 2.45) is 4.99 Å². The van der Waals surface area contributed by atoms with Gasteiger partial charge in [0.05, 0.1) is 6.54 Å². The number of thiophene rings is 1. The van der Waals surface area contributed by atoms with Crippen LogP contribution < -0.4 is 10.6 Å². The lowest BCUT2D eigenvalue weighted by atomic mass is 10.00. The number of guanidine groups is 1. The van der Waals surface area contributed by atoms with Gasteiger partial charge in [0.1, 0.15) is 5.60 Å². The summed E-state index contributed by atoms with van der Waals surface area (Å²) in [6.07, 6.45) is 0. The molecule has 1 aromatic rings. The predicted molar refractivity (Wildman–Crippen MR) is 100 cm³/mol. The molecule has 6 heteroatoms. The van der Waals surface area contributed by atoms with Crippen molar-refractivity contribution < 1.29 is 5.11 Å². The Labute approximate surface area is 144 Å². The smallest absolute Gasteiger partial charge is 0.191 e. The van der Waals surface area contributed by atoms with Gasteiger partial charge in [-0.1, -0.05) is 6.92 Å². The Balaban J connectivity index is 2.56. The first kappa shape index (κ1) is 19.9. The number of hydrogen-bond acceptors (Lipinski definition) is 4. The van der Waals surface area contributed by atoms with Crippen molar-refractivity contribution in [2.45, 2.75) is 46.3 Å². The number of nitrogens with zero attached hydrogens (tertiary/aromatic N) is 2. The molecule has 5 nitrogen and oxygen atoms in total. The Bertz CT molecular complexity index is 457. The molecule has 0 bridgehead atoms. The van der Waals surface area contributed by atoms with E-state index >= 15 is 0 Å². The molecule has 3 N–H and O–H groups in total. The minimum absolute atomic E-state index is 0.334. The van der Waals surface area contributed by atoms with Gasteiger partial charge in [0.15, 0.2) is 5.96 Å². The van der Waals surface area contributed by atoms with Crippen LogP contribution in [-0.4, -0.2) is 54.7 Å². The minimum Gasteiger partial charge on any atom is -0.383 e. The lowest BCUT2D eigenvalue weighted by Gasteiger charge is -2.25. The lowest BCUT2D eigenvalue weighted by Crippen LogP contribution is -2.43. The topological polar surface area (TPSA) is 59.9 Å². The normalized spacial score (nSPS) is 15.0. The van der Waals surface area contributed by atoms with Crippen LogP contribution in [0.2, 0.25) is 0 Å². The highest BCUT2D eigenvalue weighted by molar-refractivity contribution is 7.08. The highest BCUT2D eigenvalue weighted by Crippen LogP contribution is 2.23. The van der Waals surface area contributed by atoms with E-state index < -0.39 is 5.60 Å². The zero-order valence-electron chi connectivity index (χ0n) is 15.1. The van der Waals surface area contributed by atoms with E-state index in [0.29, 0.717) is 12.6 Å². The van der Waals surface area contributed by atoms with Crippen LogP contribution >= 0.6 is 11.3 Å². The second-order valence-corrected chi connectivity index (χ2v) is 6.91. The fourth-order valence-corrected chi connectivity index (χ4v) is 3.12. The largest absolute Gasteiger partial charge is 0.383 e. The molecule has 0 saturated carbocycles. The summed E-state index contributed by atoms with van der Waals surface area (Å²) in [7, 11) is 0. The molecule has 1 atom stereocenters. The molecule has 1 heterocycles. The minimum atomic E-state index is -0.935. The molecular weight excluding hydrogens is 308 g/mol. The Morgan fingerprint density at radius 3 is 2.65 bits per heavy atom. The SMILES string of the molecule is CCNC(=NCC(C)(O)c1ccsc1)NCCN(CC)C(C)C. The van der Waals surface area contributed by atoms with E-state index in [9.17, 15) is 5.11 Å². The molecule has 23 heavy (non-hydrogen) atoms. The third-order valence-electron chi connectivity index (χ3n) is 3.86. The molecule has 0 radical (unpaired) electrons. The van der Waals surface area contributed by atoms with E-state index in [1.54, 1.807) is 18.3 Å². The maximum atomic E-state index is 10.6. The van der Waals surface area contributed by atoms with Gasteiger partial charge in [-0.15, -0.1) is 0 Å². The van der Waals surface area contributed by atoms with E-state index in [4.69, 9.17) is 0 Å². The third-order valence-corrected chi connectivity index (χ3v) is 4.54. The quantitative estimate of drug-likeness (QED) is 0.477. The van der Waals surface area contributed by atoms with Gasteiger partial charge in [-0.05, 0) is 56.6 Å². The summed E-state index contributed by atoms with van der Waals surface area (Å²) < 4.78 is 0. The molecule has 0 aliphatic rings. The van der Waals surface area contributed by atoms with Crippen LogP contribution in [0.25, 0.3) is 0 Å². The van der Waals surface area contributed by atoms with Crippen molar-refractivity contribution in [2.75, 3.05) is 32.7 Å². The van der Waals surface area contributed by atoms with Crippen LogP contribution in [-0.2, 0) is 5.60 Å². The van der Waals surface area contributed by atoms with Gasteiger partial charge in [-0.2, -0.15) is 11.3 Å². The summed E-state index contributed by atoms with van der Waals surface area (Å²) in [5.41, 5.74) is -0.0190. The highest BCUT2D eigenvalue weighted by Gasteiger charge is 2.23.